The molecule has 0 aromatic heterocycles. The Bertz CT molecular complexity index is 832. The number of nitrogens with zero attached hydrogens (tertiary/aromatic N) is 1. The van der Waals surface area contributed by atoms with Crippen LogP contribution in [0.15, 0.2) is 48.5 Å². The van der Waals surface area contributed by atoms with Gasteiger partial charge in [0.25, 0.3) is 11.8 Å². The van der Waals surface area contributed by atoms with E-state index in [1.807, 2.05) is 36.4 Å². The Kier molecular flexibility index (Phi) is 9.25. The van der Waals surface area contributed by atoms with Gasteiger partial charge in [0.05, 0.1) is 0 Å². The second-order valence-corrected chi connectivity index (χ2v) is 8.84. The van der Waals surface area contributed by atoms with Gasteiger partial charge in [-0.3, -0.25) is 9.59 Å². The number of rotatable bonds is 10. The molecule has 0 unspecified atom stereocenters. The third-order valence-electron chi connectivity index (χ3n) is 5.51. The summed E-state index contributed by atoms with van der Waals surface area (Å²) >= 11 is 0. The van der Waals surface area contributed by atoms with Crippen LogP contribution in [0.5, 0.6) is 0 Å². The van der Waals surface area contributed by atoms with E-state index in [9.17, 15) is 9.59 Å². The van der Waals surface area contributed by atoms with Crippen LogP contribution in [0.1, 0.15) is 72.9 Å². The summed E-state index contributed by atoms with van der Waals surface area (Å²) in [5, 5.41) is 5.91. The second kappa shape index (κ2) is 11.7. The van der Waals surface area contributed by atoms with Crippen molar-refractivity contribution < 1.29 is 9.59 Å². The zero-order valence-electron chi connectivity index (χ0n) is 19.6. The number of benzene rings is 2. The molecule has 2 amide bonds. The molecular formula is C26H37N3O2. The van der Waals surface area contributed by atoms with E-state index in [1.54, 1.807) is 12.1 Å². The summed E-state index contributed by atoms with van der Waals surface area (Å²) < 4.78 is 0. The maximum atomic E-state index is 12.4. The molecule has 2 N–H and O–H groups in total. The smallest absolute Gasteiger partial charge is 0.251 e. The molecule has 31 heavy (non-hydrogen) atoms. The van der Waals surface area contributed by atoms with E-state index in [1.165, 1.54) is 5.56 Å². The molecule has 5 nitrogen and oxygen atoms in total. The summed E-state index contributed by atoms with van der Waals surface area (Å²) in [7, 11) is 0. The van der Waals surface area contributed by atoms with Crippen molar-refractivity contribution in [1.82, 2.24) is 15.5 Å². The molecular weight excluding hydrogens is 386 g/mol. The Labute approximate surface area is 187 Å². The standard InChI is InChI=1S/C26H37N3O2/c1-6-29(7-2)18-8-17-27-24(30)21-11-9-20(10-12-21)19-28-25(31)22-13-15-23(16-14-22)26(3,4)5/h9-16H,6-8,17-19H2,1-5H3,(H,27,30)(H,28,31). The molecule has 0 bridgehead atoms. The molecule has 0 saturated heterocycles. The quantitative estimate of drug-likeness (QED) is 0.558. The summed E-state index contributed by atoms with van der Waals surface area (Å²) in [6.45, 7) is 14.9. The predicted octanol–water partition coefficient (Wildman–Crippen LogP) is 4.38. The van der Waals surface area contributed by atoms with E-state index >= 15 is 0 Å². The van der Waals surface area contributed by atoms with Gasteiger partial charge in [-0.1, -0.05) is 58.9 Å². The van der Waals surface area contributed by atoms with Crippen LogP contribution in [-0.4, -0.2) is 42.9 Å². The summed E-state index contributed by atoms with van der Waals surface area (Å²) in [5.41, 5.74) is 3.50. The summed E-state index contributed by atoms with van der Waals surface area (Å²) in [5.74, 6) is -0.162. The summed E-state index contributed by atoms with van der Waals surface area (Å²) in [6.07, 6.45) is 0.939. The van der Waals surface area contributed by atoms with Crippen molar-refractivity contribution in [3.63, 3.8) is 0 Å². The lowest BCUT2D eigenvalue weighted by Gasteiger charge is -2.19. The molecule has 0 atom stereocenters. The lowest BCUT2D eigenvalue weighted by atomic mass is 9.87. The number of nitrogens with one attached hydrogen (secondary N) is 2. The molecule has 0 fully saturated rings. The molecule has 0 saturated carbocycles. The van der Waals surface area contributed by atoms with Gasteiger partial charge in [-0.05, 0) is 66.9 Å². The third-order valence-corrected chi connectivity index (χ3v) is 5.51. The molecule has 0 aliphatic heterocycles. The fourth-order valence-corrected chi connectivity index (χ4v) is 3.33. The Balaban J connectivity index is 1.80. The van der Waals surface area contributed by atoms with Crippen molar-refractivity contribution in [1.29, 1.82) is 0 Å². The average Bonchev–Trinajstić information content (AvgIpc) is 2.77. The highest BCUT2D eigenvalue weighted by Gasteiger charge is 2.14. The summed E-state index contributed by atoms with van der Waals surface area (Å²) in [4.78, 5) is 27.0. The molecule has 2 aromatic rings. The van der Waals surface area contributed by atoms with Gasteiger partial charge in [0.15, 0.2) is 0 Å². The topological polar surface area (TPSA) is 61.4 Å². The maximum absolute atomic E-state index is 12.4. The Morgan fingerprint density at radius 1 is 0.806 bits per heavy atom. The van der Waals surface area contributed by atoms with Gasteiger partial charge in [0, 0.05) is 24.2 Å². The minimum Gasteiger partial charge on any atom is -0.352 e. The van der Waals surface area contributed by atoms with Crippen LogP contribution in [0.25, 0.3) is 0 Å². The fraction of sp³-hybridized carbons (Fsp3) is 0.462. The first-order valence-electron chi connectivity index (χ1n) is 11.2. The van der Waals surface area contributed by atoms with Crippen LogP contribution in [0.3, 0.4) is 0 Å². The number of hydrogen-bond donors (Lipinski definition) is 2. The highest BCUT2D eigenvalue weighted by atomic mass is 16.2. The van der Waals surface area contributed by atoms with Gasteiger partial charge >= 0.3 is 0 Å². The minimum absolute atomic E-state index is 0.0610. The lowest BCUT2D eigenvalue weighted by Crippen LogP contribution is -2.29. The van der Waals surface area contributed by atoms with Crippen molar-refractivity contribution in [2.75, 3.05) is 26.2 Å². The van der Waals surface area contributed by atoms with Gasteiger partial charge in [0.1, 0.15) is 0 Å². The van der Waals surface area contributed by atoms with Crippen LogP contribution < -0.4 is 10.6 Å². The molecule has 0 aliphatic carbocycles. The first-order chi connectivity index (χ1) is 14.7. The van der Waals surface area contributed by atoms with Crippen LogP contribution in [0, 0.1) is 0 Å². The fourth-order valence-electron chi connectivity index (χ4n) is 3.33. The second-order valence-electron chi connectivity index (χ2n) is 8.84. The Hall–Kier alpha value is -2.66. The third kappa shape index (κ3) is 7.83. The highest BCUT2D eigenvalue weighted by Crippen LogP contribution is 2.22. The highest BCUT2D eigenvalue weighted by molar-refractivity contribution is 5.95. The zero-order chi connectivity index (χ0) is 22.9. The number of carbonyl (C=O) groups is 2. The molecule has 0 aliphatic rings. The lowest BCUT2D eigenvalue weighted by molar-refractivity contribution is 0.0942. The molecule has 168 valence electrons. The predicted molar refractivity (Wildman–Crippen MR) is 127 cm³/mol. The van der Waals surface area contributed by atoms with Crippen molar-refractivity contribution in [3.8, 4) is 0 Å². The minimum atomic E-state index is -0.101. The van der Waals surface area contributed by atoms with Crippen molar-refractivity contribution >= 4 is 11.8 Å². The average molecular weight is 424 g/mol. The van der Waals surface area contributed by atoms with E-state index in [0.717, 1.165) is 31.6 Å². The van der Waals surface area contributed by atoms with Crippen LogP contribution >= 0.6 is 0 Å². The first kappa shape index (κ1) is 24.6. The Morgan fingerprint density at radius 2 is 1.32 bits per heavy atom. The largest absolute Gasteiger partial charge is 0.352 e. The van der Waals surface area contributed by atoms with E-state index in [2.05, 4.69) is 50.2 Å². The van der Waals surface area contributed by atoms with Gasteiger partial charge in [-0.2, -0.15) is 0 Å². The van der Waals surface area contributed by atoms with E-state index in [0.29, 0.717) is 24.2 Å². The molecule has 0 radical (unpaired) electrons. The molecule has 2 aromatic carbocycles. The zero-order valence-corrected chi connectivity index (χ0v) is 19.6. The normalized spacial score (nSPS) is 11.4. The summed E-state index contributed by atoms with van der Waals surface area (Å²) in [6, 6.07) is 15.1. The van der Waals surface area contributed by atoms with Crippen LogP contribution in [0.2, 0.25) is 0 Å². The van der Waals surface area contributed by atoms with Crippen LogP contribution in [0.4, 0.5) is 0 Å². The maximum Gasteiger partial charge on any atom is 0.251 e. The SMILES string of the molecule is CCN(CC)CCCNC(=O)c1ccc(CNC(=O)c2ccc(C(C)(C)C)cc2)cc1. The van der Waals surface area contributed by atoms with Crippen molar-refractivity contribution in [2.45, 2.75) is 53.0 Å². The van der Waals surface area contributed by atoms with Crippen molar-refractivity contribution in [2.24, 2.45) is 0 Å². The Morgan fingerprint density at radius 3 is 1.84 bits per heavy atom. The number of hydrogen-bond acceptors (Lipinski definition) is 3. The molecule has 5 heteroatoms. The molecule has 2 rings (SSSR count). The van der Waals surface area contributed by atoms with Gasteiger partial charge < -0.3 is 15.5 Å². The van der Waals surface area contributed by atoms with Gasteiger partial charge in [-0.25, -0.2) is 0 Å². The van der Waals surface area contributed by atoms with E-state index < -0.39 is 0 Å². The van der Waals surface area contributed by atoms with Gasteiger partial charge in [0.2, 0.25) is 0 Å². The molecule has 0 spiro atoms. The van der Waals surface area contributed by atoms with Crippen molar-refractivity contribution in [3.05, 3.63) is 70.8 Å². The van der Waals surface area contributed by atoms with Crippen LogP contribution in [-0.2, 0) is 12.0 Å². The first-order valence-corrected chi connectivity index (χ1v) is 11.2. The van der Waals surface area contributed by atoms with Gasteiger partial charge in [-0.15, -0.1) is 0 Å². The molecule has 0 heterocycles. The number of carbonyl (C=O) groups excluding carboxylic acids is 2. The number of amides is 2. The monoisotopic (exact) mass is 423 g/mol. The van der Waals surface area contributed by atoms with E-state index in [-0.39, 0.29) is 17.2 Å². The van der Waals surface area contributed by atoms with E-state index in [4.69, 9.17) is 0 Å².